The molecule has 128 valence electrons. The molecule has 2 aromatic carbocycles. The van der Waals surface area contributed by atoms with Gasteiger partial charge in [-0.15, -0.1) is 0 Å². The van der Waals surface area contributed by atoms with Gasteiger partial charge in [0.25, 0.3) is 0 Å². The molecule has 0 heterocycles. The minimum absolute atomic E-state index is 0.116. The van der Waals surface area contributed by atoms with E-state index >= 15 is 0 Å². The number of benzene rings is 2. The molecule has 5 nitrogen and oxygen atoms in total. The summed E-state index contributed by atoms with van der Waals surface area (Å²) in [6, 6.07) is 15.9. The fourth-order valence-electron chi connectivity index (χ4n) is 2.22. The Bertz CT molecular complexity index is 609. The summed E-state index contributed by atoms with van der Waals surface area (Å²) in [5.74, 6) is -0.446. The molecular weight excluding hydrogens is 308 g/mol. The molecule has 0 saturated heterocycles. The third kappa shape index (κ3) is 6.30. The summed E-state index contributed by atoms with van der Waals surface area (Å²) in [7, 11) is 0. The lowest BCUT2D eigenvalue weighted by Crippen LogP contribution is -2.27. The standard InChI is InChI=1S/C19H22O5/c20-16-9-11-17(12-10-16)24-18(19(21)22)8-4-5-13-23-14-15-6-2-1-3-7-15/h1-3,6-7,9-12,18,20H,4-5,8,13-14H2,(H,21,22). The van der Waals surface area contributed by atoms with E-state index in [2.05, 4.69) is 0 Å². The molecule has 0 bridgehead atoms. The van der Waals surface area contributed by atoms with Crippen molar-refractivity contribution in [2.24, 2.45) is 0 Å². The summed E-state index contributed by atoms with van der Waals surface area (Å²) < 4.78 is 11.0. The Balaban J connectivity index is 1.66. The van der Waals surface area contributed by atoms with Crippen molar-refractivity contribution in [3.05, 3.63) is 60.2 Å². The highest BCUT2D eigenvalue weighted by Gasteiger charge is 2.18. The molecule has 0 amide bonds. The highest BCUT2D eigenvalue weighted by molar-refractivity contribution is 5.72. The zero-order valence-electron chi connectivity index (χ0n) is 13.4. The SMILES string of the molecule is O=C(O)C(CCCCOCc1ccccc1)Oc1ccc(O)cc1. The summed E-state index contributed by atoms with van der Waals surface area (Å²) in [4.78, 5) is 11.3. The first-order valence-corrected chi connectivity index (χ1v) is 7.95. The molecule has 0 aliphatic rings. The highest BCUT2D eigenvalue weighted by Crippen LogP contribution is 2.19. The predicted octanol–water partition coefficient (Wildman–Crippen LogP) is 3.61. The van der Waals surface area contributed by atoms with E-state index in [1.54, 1.807) is 12.1 Å². The summed E-state index contributed by atoms with van der Waals surface area (Å²) >= 11 is 0. The van der Waals surface area contributed by atoms with Crippen molar-refractivity contribution < 1.29 is 24.5 Å². The zero-order valence-corrected chi connectivity index (χ0v) is 13.4. The molecule has 2 rings (SSSR count). The van der Waals surface area contributed by atoms with Gasteiger partial charge in [0.15, 0.2) is 6.10 Å². The van der Waals surface area contributed by atoms with E-state index in [0.717, 1.165) is 12.0 Å². The first-order chi connectivity index (χ1) is 11.6. The summed E-state index contributed by atoms with van der Waals surface area (Å²) in [5.41, 5.74) is 1.12. The van der Waals surface area contributed by atoms with Crippen LogP contribution < -0.4 is 4.74 Å². The lowest BCUT2D eigenvalue weighted by Gasteiger charge is -2.15. The number of carbonyl (C=O) groups is 1. The van der Waals surface area contributed by atoms with Gasteiger partial charge in [-0.2, -0.15) is 0 Å². The van der Waals surface area contributed by atoms with Crippen LogP contribution in [0.4, 0.5) is 0 Å². The van der Waals surface area contributed by atoms with Crippen LogP contribution in [-0.4, -0.2) is 28.9 Å². The zero-order chi connectivity index (χ0) is 17.2. The number of phenolic OH excluding ortho intramolecular Hbond substituents is 1. The number of aliphatic carboxylic acids is 1. The van der Waals surface area contributed by atoms with Crippen LogP contribution in [0, 0.1) is 0 Å². The lowest BCUT2D eigenvalue weighted by molar-refractivity contribution is -0.145. The first-order valence-electron chi connectivity index (χ1n) is 7.95. The fraction of sp³-hybridized carbons (Fsp3) is 0.316. The molecule has 0 radical (unpaired) electrons. The normalized spacial score (nSPS) is 11.8. The smallest absolute Gasteiger partial charge is 0.344 e. The topological polar surface area (TPSA) is 76.0 Å². The predicted molar refractivity (Wildman–Crippen MR) is 90.1 cm³/mol. The Labute approximate surface area is 141 Å². The van der Waals surface area contributed by atoms with Crippen LogP contribution in [0.15, 0.2) is 54.6 Å². The molecule has 0 spiro atoms. The Morgan fingerprint density at radius 3 is 2.38 bits per heavy atom. The van der Waals surface area contributed by atoms with Crippen LogP contribution in [0.3, 0.4) is 0 Å². The second-order valence-electron chi connectivity index (χ2n) is 5.47. The average molecular weight is 330 g/mol. The number of phenols is 1. The Hall–Kier alpha value is -2.53. The van der Waals surface area contributed by atoms with E-state index in [9.17, 15) is 15.0 Å². The average Bonchev–Trinajstić information content (AvgIpc) is 2.59. The van der Waals surface area contributed by atoms with E-state index in [4.69, 9.17) is 9.47 Å². The number of aromatic hydroxyl groups is 1. The molecule has 0 saturated carbocycles. The van der Waals surface area contributed by atoms with E-state index < -0.39 is 12.1 Å². The molecule has 0 aliphatic carbocycles. The van der Waals surface area contributed by atoms with Crippen molar-refractivity contribution in [3.63, 3.8) is 0 Å². The van der Waals surface area contributed by atoms with Crippen molar-refractivity contribution in [1.29, 1.82) is 0 Å². The van der Waals surface area contributed by atoms with Gasteiger partial charge >= 0.3 is 5.97 Å². The number of rotatable bonds is 10. The third-order valence-electron chi connectivity index (χ3n) is 3.51. The van der Waals surface area contributed by atoms with Gasteiger partial charge in [-0.25, -0.2) is 4.79 Å². The van der Waals surface area contributed by atoms with Crippen molar-refractivity contribution in [2.45, 2.75) is 32.0 Å². The van der Waals surface area contributed by atoms with Gasteiger partial charge in [-0.3, -0.25) is 0 Å². The van der Waals surface area contributed by atoms with Crippen molar-refractivity contribution in [2.75, 3.05) is 6.61 Å². The van der Waals surface area contributed by atoms with Crippen molar-refractivity contribution in [1.82, 2.24) is 0 Å². The number of carboxylic acids is 1. The van der Waals surface area contributed by atoms with E-state index in [1.807, 2.05) is 30.3 Å². The molecule has 0 aromatic heterocycles. The van der Waals surface area contributed by atoms with E-state index in [0.29, 0.717) is 31.8 Å². The number of carboxylic acid groups (broad SMARTS) is 1. The van der Waals surface area contributed by atoms with Gasteiger partial charge in [-0.1, -0.05) is 30.3 Å². The van der Waals surface area contributed by atoms with Gasteiger partial charge in [0.2, 0.25) is 0 Å². The van der Waals surface area contributed by atoms with Crippen LogP contribution >= 0.6 is 0 Å². The Morgan fingerprint density at radius 1 is 1.00 bits per heavy atom. The van der Waals surface area contributed by atoms with E-state index in [1.165, 1.54) is 12.1 Å². The Kier molecular flexibility index (Phi) is 7.11. The highest BCUT2D eigenvalue weighted by atomic mass is 16.5. The second kappa shape index (κ2) is 9.57. The van der Waals surface area contributed by atoms with Gasteiger partial charge in [-0.05, 0) is 49.1 Å². The number of hydrogen-bond acceptors (Lipinski definition) is 4. The number of ether oxygens (including phenoxy) is 2. The maximum absolute atomic E-state index is 11.3. The maximum atomic E-state index is 11.3. The third-order valence-corrected chi connectivity index (χ3v) is 3.51. The summed E-state index contributed by atoms with van der Waals surface area (Å²) in [6.07, 6.45) is 0.980. The molecule has 1 atom stereocenters. The monoisotopic (exact) mass is 330 g/mol. The second-order valence-corrected chi connectivity index (χ2v) is 5.47. The van der Waals surface area contributed by atoms with Gasteiger partial charge in [0.1, 0.15) is 11.5 Å². The number of unbranched alkanes of at least 4 members (excludes halogenated alkanes) is 1. The van der Waals surface area contributed by atoms with Crippen LogP contribution in [0.2, 0.25) is 0 Å². The minimum Gasteiger partial charge on any atom is -0.508 e. The lowest BCUT2D eigenvalue weighted by atomic mass is 10.1. The molecule has 5 heteroatoms. The fourth-order valence-corrected chi connectivity index (χ4v) is 2.22. The van der Waals surface area contributed by atoms with E-state index in [-0.39, 0.29) is 5.75 Å². The van der Waals surface area contributed by atoms with Crippen LogP contribution in [0.5, 0.6) is 11.5 Å². The summed E-state index contributed by atoms with van der Waals surface area (Å²) in [5, 5.41) is 18.5. The molecule has 1 unspecified atom stereocenters. The van der Waals surface area contributed by atoms with Crippen molar-refractivity contribution >= 4 is 5.97 Å². The van der Waals surface area contributed by atoms with Gasteiger partial charge in [0, 0.05) is 6.61 Å². The quantitative estimate of drug-likeness (QED) is 0.651. The van der Waals surface area contributed by atoms with Gasteiger partial charge in [0.05, 0.1) is 6.61 Å². The largest absolute Gasteiger partial charge is 0.508 e. The van der Waals surface area contributed by atoms with Crippen LogP contribution in [-0.2, 0) is 16.1 Å². The maximum Gasteiger partial charge on any atom is 0.344 e. The molecule has 0 aliphatic heterocycles. The van der Waals surface area contributed by atoms with Crippen LogP contribution in [0.25, 0.3) is 0 Å². The van der Waals surface area contributed by atoms with Crippen LogP contribution in [0.1, 0.15) is 24.8 Å². The molecule has 24 heavy (non-hydrogen) atoms. The minimum atomic E-state index is -0.992. The van der Waals surface area contributed by atoms with Gasteiger partial charge < -0.3 is 19.7 Å². The molecule has 0 fully saturated rings. The molecular formula is C19H22O5. The molecule has 2 aromatic rings. The number of hydrogen-bond donors (Lipinski definition) is 2. The first kappa shape index (κ1) is 17.8. The van der Waals surface area contributed by atoms with Crippen molar-refractivity contribution in [3.8, 4) is 11.5 Å². The summed E-state index contributed by atoms with van der Waals surface area (Å²) in [6.45, 7) is 1.15. The Morgan fingerprint density at radius 2 is 1.71 bits per heavy atom. The molecule has 2 N–H and O–H groups in total.